The summed E-state index contributed by atoms with van der Waals surface area (Å²) in [6, 6.07) is 12.8. The molecule has 1 unspecified atom stereocenters. The number of nitrogen functional groups attached to an aromatic ring is 1. The van der Waals surface area contributed by atoms with Crippen LogP contribution >= 0.6 is 0 Å². The maximum Gasteiger partial charge on any atom is 0.251 e. The molecule has 0 heterocycles. The monoisotopic (exact) mass is 284 g/mol. The molecule has 0 aliphatic heterocycles. The summed E-state index contributed by atoms with van der Waals surface area (Å²) >= 11 is 0. The Morgan fingerprint density at radius 2 is 1.95 bits per heavy atom. The number of ether oxygens (including phenoxy) is 1. The molecule has 0 saturated carbocycles. The zero-order valence-electron chi connectivity index (χ0n) is 12.5. The highest BCUT2D eigenvalue weighted by Crippen LogP contribution is 2.22. The molecule has 0 aromatic heterocycles. The van der Waals surface area contributed by atoms with E-state index >= 15 is 0 Å². The number of benzene rings is 2. The predicted molar refractivity (Wildman–Crippen MR) is 84.5 cm³/mol. The number of nitrogens with two attached hydrogens (primary N) is 1. The third kappa shape index (κ3) is 3.34. The highest BCUT2D eigenvalue weighted by molar-refractivity contribution is 5.95. The second kappa shape index (κ2) is 6.31. The molecule has 2 aromatic rings. The number of methoxy groups -OCH3 is 1. The van der Waals surface area contributed by atoms with Crippen molar-refractivity contribution in [3.8, 4) is 5.75 Å². The highest BCUT2D eigenvalue weighted by Gasteiger charge is 2.14. The van der Waals surface area contributed by atoms with Crippen LogP contribution in [0.4, 0.5) is 5.69 Å². The van der Waals surface area contributed by atoms with Gasteiger partial charge in [-0.25, -0.2) is 0 Å². The van der Waals surface area contributed by atoms with Crippen molar-refractivity contribution in [1.29, 1.82) is 0 Å². The summed E-state index contributed by atoms with van der Waals surface area (Å²) in [5.74, 6) is 0.554. The van der Waals surface area contributed by atoms with Crippen LogP contribution in [0.3, 0.4) is 0 Å². The van der Waals surface area contributed by atoms with Gasteiger partial charge in [-0.3, -0.25) is 4.79 Å². The quantitative estimate of drug-likeness (QED) is 0.848. The second-order valence-corrected chi connectivity index (χ2v) is 5.01. The summed E-state index contributed by atoms with van der Waals surface area (Å²) in [7, 11) is 1.59. The molecule has 1 amide bonds. The van der Waals surface area contributed by atoms with E-state index in [1.54, 1.807) is 19.2 Å². The molecule has 2 aromatic carbocycles. The molecule has 4 nitrogen and oxygen atoms in total. The largest absolute Gasteiger partial charge is 0.496 e. The average molecular weight is 284 g/mol. The Bertz CT molecular complexity index is 653. The van der Waals surface area contributed by atoms with Crippen molar-refractivity contribution in [2.24, 2.45) is 0 Å². The van der Waals surface area contributed by atoms with Crippen LogP contribution in [0.5, 0.6) is 5.75 Å². The number of aryl methyl sites for hydroxylation is 1. The van der Waals surface area contributed by atoms with E-state index in [-0.39, 0.29) is 11.9 Å². The molecule has 21 heavy (non-hydrogen) atoms. The first-order valence-electron chi connectivity index (χ1n) is 6.83. The van der Waals surface area contributed by atoms with Crippen LogP contribution in [0, 0.1) is 6.92 Å². The smallest absolute Gasteiger partial charge is 0.251 e. The van der Waals surface area contributed by atoms with E-state index in [2.05, 4.69) is 5.32 Å². The Balaban J connectivity index is 2.16. The minimum Gasteiger partial charge on any atom is -0.496 e. The van der Waals surface area contributed by atoms with Gasteiger partial charge < -0.3 is 15.8 Å². The van der Waals surface area contributed by atoms with Gasteiger partial charge in [0.2, 0.25) is 0 Å². The van der Waals surface area contributed by atoms with Crippen molar-refractivity contribution in [3.63, 3.8) is 0 Å². The topological polar surface area (TPSA) is 64.3 Å². The number of rotatable bonds is 4. The summed E-state index contributed by atoms with van der Waals surface area (Å²) in [6.07, 6.45) is 0. The van der Waals surface area contributed by atoms with Crippen molar-refractivity contribution in [3.05, 3.63) is 59.2 Å². The summed E-state index contributed by atoms with van der Waals surface area (Å²) in [4.78, 5) is 12.3. The van der Waals surface area contributed by atoms with Gasteiger partial charge in [0.15, 0.2) is 0 Å². The molecule has 0 radical (unpaired) electrons. The third-order valence-electron chi connectivity index (χ3n) is 3.48. The van der Waals surface area contributed by atoms with E-state index in [1.165, 1.54) is 0 Å². The van der Waals surface area contributed by atoms with Crippen molar-refractivity contribution in [2.45, 2.75) is 19.9 Å². The summed E-state index contributed by atoms with van der Waals surface area (Å²) in [5, 5.41) is 2.95. The number of para-hydroxylation sites is 1. The van der Waals surface area contributed by atoms with E-state index in [9.17, 15) is 4.79 Å². The molecule has 3 N–H and O–H groups in total. The fourth-order valence-electron chi connectivity index (χ4n) is 2.22. The van der Waals surface area contributed by atoms with Crippen molar-refractivity contribution in [1.82, 2.24) is 5.32 Å². The lowest BCUT2D eigenvalue weighted by molar-refractivity contribution is 0.0939. The van der Waals surface area contributed by atoms with Gasteiger partial charge in [-0.05, 0) is 43.2 Å². The van der Waals surface area contributed by atoms with Crippen molar-refractivity contribution < 1.29 is 9.53 Å². The first-order valence-corrected chi connectivity index (χ1v) is 6.83. The fourth-order valence-corrected chi connectivity index (χ4v) is 2.22. The van der Waals surface area contributed by atoms with Crippen LogP contribution in [-0.2, 0) is 0 Å². The SMILES string of the molecule is COc1cc(C(=O)NC(C)c2ccccc2N)ccc1C. The van der Waals surface area contributed by atoms with Gasteiger partial charge in [-0.1, -0.05) is 24.3 Å². The fraction of sp³-hybridized carbons (Fsp3) is 0.235. The Labute approximate surface area is 124 Å². The number of hydrogen-bond donors (Lipinski definition) is 2. The van der Waals surface area contributed by atoms with Crippen molar-refractivity contribution >= 4 is 11.6 Å². The summed E-state index contributed by atoms with van der Waals surface area (Å²) < 4.78 is 5.24. The van der Waals surface area contributed by atoms with E-state index in [1.807, 2.05) is 44.2 Å². The number of anilines is 1. The lowest BCUT2D eigenvalue weighted by atomic mass is 10.1. The maximum atomic E-state index is 12.3. The Kier molecular flexibility index (Phi) is 4.48. The van der Waals surface area contributed by atoms with E-state index < -0.39 is 0 Å². The number of hydrogen-bond acceptors (Lipinski definition) is 3. The molecule has 110 valence electrons. The third-order valence-corrected chi connectivity index (χ3v) is 3.48. The Hall–Kier alpha value is -2.49. The Morgan fingerprint density at radius 3 is 2.62 bits per heavy atom. The molecule has 0 bridgehead atoms. The van der Waals surface area contributed by atoms with Gasteiger partial charge >= 0.3 is 0 Å². The number of amides is 1. The van der Waals surface area contributed by atoms with Gasteiger partial charge in [-0.2, -0.15) is 0 Å². The van der Waals surface area contributed by atoms with Gasteiger partial charge in [0.05, 0.1) is 13.2 Å². The van der Waals surface area contributed by atoms with Gasteiger partial charge in [0.1, 0.15) is 5.75 Å². The van der Waals surface area contributed by atoms with E-state index in [0.29, 0.717) is 17.0 Å². The lowest BCUT2D eigenvalue weighted by Gasteiger charge is -2.16. The maximum absolute atomic E-state index is 12.3. The Morgan fingerprint density at radius 1 is 1.24 bits per heavy atom. The first kappa shape index (κ1) is 14.9. The van der Waals surface area contributed by atoms with E-state index in [0.717, 1.165) is 11.1 Å². The molecule has 0 spiro atoms. The van der Waals surface area contributed by atoms with Crippen LogP contribution < -0.4 is 15.8 Å². The number of carbonyl (C=O) groups is 1. The predicted octanol–water partition coefficient (Wildman–Crippen LogP) is 3.08. The van der Waals surface area contributed by atoms with Gasteiger partial charge in [-0.15, -0.1) is 0 Å². The molecule has 2 rings (SSSR count). The van der Waals surface area contributed by atoms with Crippen LogP contribution in [0.15, 0.2) is 42.5 Å². The number of nitrogens with one attached hydrogen (secondary N) is 1. The molecule has 0 fully saturated rings. The lowest BCUT2D eigenvalue weighted by Crippen LogP contribution is -2.27. The van der Waals surface area contributed by atoms with Crippen LogP contribution in [0.1, 0.15) is 34.5 Å². The first-order chi connectivity index (χ1) is 10.0. The standard InChI is InChI=1S/C17H20N2O2/c1-11-8-9-13(10-16(11)21-3)17(20)19-12(2)14-6-4-5-7-15(14)18/h4-10,12H,18H2,1-3H3,(H,19,20). The summed E-state index contributed by atoms with van der Waals surface area (Å²) in [6.45, 7) is 3.85. The zero-order chi connectivity index (χ0) is 15.4. The minimum absolute atomic E-state index is 0.149. The number of carbonyl (C=O) groups excluding carboxylic acids is 1. The van der Waals surface area contributed by atoms with Crippen LogP contribution in [-0.4, -0.2) is 13.0 Å². The molecular weight excluding hydrogens is 264 g/mol. The normalized spacial score (nSPS) is 11.8. The average Bonchev–Trinajstić information content (AvgIpc) is 2.48. The van der Waals surface area contributed by atoms with Crippen molar-refractivity contribution in [2.75, 3.05) is 12.8 Å². The molecule has 4 heteroatoms. The minimum atomic E-state index is -0.161. The highest BCUT2D eigenvalue weighted by atomic mass is 16.5. The van der Waals surface area contributed by atoms with Crippen LogP contribution in [0.25, 0.3) is 0 Å². The van der Waals surface area contributed by atoms with E-state index in [4.69, 9.17) is 10.5 Å². The second-order valence-electron chi connectivity index (χ2n) is 5.01. The zero-order valence-corrected chi connectivity index (χ0v) is 12.5. The molecule has 1 atom stereocenters. The molecule has 0 aliphatic rings. The van der Waals surface area contributed by atoms with Gasteiger partial charge in [0.25, 0.3) is 5.91 Å². The molecule has 0 saturated heterocycles. The molecule has 0 aliphatic carbocycles. The van der Waals surface area contributed by atoms with Gasteiger partial charge in [0, 0.05) is 11.3 Å². The van der Waals surface area contributed by atoms with Crippen LogP contribution in [0.2, 0.25) is 0 Å². The summed E-state index contributed by atoms with van der Waals surface area (Å²) in [5.41, 5.74) is 9.07. The molecular formula is C17H20N2O2.